The third-order valence-electron chi connectivity index (χ3n) is 3.58. The van der Waals surface area contributed by atoms with Crippen molar-refractivity contribution in [1.82, 2.24) is 0 Å². The molecule has 0 radical (unpaired) electrons. The molecule has 0 aromatic heterocycles. The average molecular weight is 310 g/mol. The largest absolute Gasteiger partial charge is 0.454 e. The lowest BCUT2D eigenvalue weighted by atomic mass is 9.99. The second kappa shape index (κ2) is 7.69. The van der Waals surface area contributed by atoms with Crippen molar-refractivity contribution < 1.29 is 28.8 Å². The number of rotatable bonds is 5. The molecule has 0 aliphatic carbocycles. The number of hydrogen-bond donors (Lipinski definition) is 1. The van der Waals surface area contributed by atoms with Gasteiger partial charge in [0.2, 0.25) is 0 Å². The first-order chi connectivity index (χ1) is 10.5. The molecule has 6 heteroatoms. The summed E-state index contributed by atoms with van der Waals surface area (Å²) in [6.45, 7) is 3.31. The van der Waals surface area contributed by atoms with Crippen LogP contribution in [0, 0.1) is 0 Å². The van der Waals surface area contributed by atoms with E-state index < -0.39 is 36.7 Å². The van der Waals surface area contributed by atoms with Crippen LogP contribution in [0.2, 0.25) is 0 Å². The van der Waals surface area contributed by atoms with E-state index in [4.69, 9.17) is 18.9 Å². The van der Waals surface area contributed by atoms with Crippen LogP contribution in [0.4, 0.5) is 0 Å². The van der Waals surface area contributed by atoms with E-state index in [0.29, 0.717) is 6.61 Å². The van der Waals surface area contributed by atoms with E-state index in [1.165, 1.54) is 14.0 Å². The third kappa shape index (κ3) is 4.04. The molecule has 22 heavy (non-hydrogen) atoms. The number of aliphatic hydroxyl groups excluding tert-OH is 1. The van der Waals surface area contributed by atoms with Gasteiger partial charge in [-0.2, -0.15) is 0 Å². The lowest BCUT2D eigenvalue weighted by Crippen LogP contribution is -2.59. The van der Waals surface area contributed by atoms with Gasteiger partial charge < -0.3 is 24.1 Å². The number of hydrogen-bond acceptors (Lipinski definition) is 6. The van der Waals surface area contributed by atoms with Crippen molar-refractivity contribution in [2.45, 2.75) is 51.2 Å². The molecule has 0 bridgehead atoms. The Labute approximate surface area is 129 Å². The first kappa shape index (κ1) is 16.9. The van der Waals surface area contributed by atoms with E-state index in [0.717, 1.165) is 5.56 Å². The highest BCUT2D eigenvalue weighted by molar-refractivity contribution is 5.66. The van der Waals surface area contributed by atoms with Crippen LogP contribution in [0.5, 0.6) is 0 Å². The molecule has 1 saturated heterocycles. The molecule has 1 aromatic carbocycles. The number of aliphatic hydroxyl groups is 1. The molecule has 2 rings (SSSR count). The number of benzene rings is 1. The third-order valence-corrected chi connectivity index (χ3v) is 3.58. The molecular weight excluding hydrogens is 288 g/mol. The Bertz CT molecular complexity index is 477. The highest BCUT2D eigenvalue weighted by atomic mass is 16.7. The van der Waals surface area contributed by atoms with E-state index >= 15 is 0 Å². The van der Waals surface area contributed by atoms with Gasteiger partial charge in [0.15, 0.2) is 12.4 Å². The van der Waals surface area contributed by atoms with Gasteiger partial charge in [-0.25, -0.2) is 0 Å². The first-order valence-corrected chi connectivity index (χ1v) is 7.22. The van der Waals surface area contributed by atoms with Crippen molar-refractivity contribution in [3.05, 3.63) is 35.9 Å². The predicted molar refractivity (Wildman–Crippen MR) is 77.9 cm³/mol. The molecular formula is C16H22O6. The van der Waals surface area contributed by atoms with E-state index in [2.05, 4.69) is 0 Å². The van der Waals surface area contributed by atoms with Gasteiger partial charge in [-0.3, -0.25) is 4.79 Å². The Morgan fingerprint density at radius 2 is 1.95 bits per heavy atom. The van der Waals surface area contributed by atoms with Crippen molar-refractivity contribution >= 4 is 5.97 Å². The van der Waals surface area contributed by atoms with Crippen LogP contribution in [0.1, 0.15) is 19.4 Å². The van der Waals surface area contributed by atoms with Crippen LogP contribution in [0.3, 0.4) is 0 Å². The summed E-state index contributed by atoms with van der Waals surface area (Å²) in [6.07, 6.45) is -3.73. The Morgan fingerprint density at radius 3 is 2.55 bits per heavy atom. The summed E-state index contributed by atoms with van der Waals surface area (Å²) in [7, 11) is 1.46. The SMILES string of the molecule is CO[C@@H]1O[C@@H](C)[C@H](O)[C@@H](OCc2ccccc2)[C@H]1OC(C)=O. The zero-order chi connectivity index (χ0) is 16.1. The maximum atomic E-state index is 11.3. The molecule has 1 aromatic rings. The minimum absolute atomic E-state index is 0.295. The van der Waals surface area contributed by atoms with E-state index in [9.17, 15) is 9.90 Å². The summed E-state index contributed by atoms with van der Waals surface area (Å²) in [5, 5.41) is 10.3. The molecule has 1 aliphatic rings. The van der Waals surface area contributed by atoms with Gasteiger partial charge in [0, 0.05) is 14.0 Å². The minimum atomic E-state index is -0.917. The van der Waals surface area contributed by atoms with Crippen molar-refractivity contribution in [2.24, 2.45) is 0 Å². The maximum Gasteiger partial charge on any atom is 0.303 e. The molecule has 5 atom stereocenters. The molecule has 122 valence electrons. The standard InChI is InChI=1S/C16H22O6/c1-10-13(18)14(20-9-12-7-5-4-6-8-12)15(22-11(2)17)16(19-3)21-10/h4-8,10,13-16,18H,9H2,1-3H3/t10-,13-,14+,15+,16+/m0/s1. The number of carbonyl (C=O) groups excluding carboxylic acids is 1. The lowest BCUT2D eigenvalue weighted by Gasteiger charge is -2.42. The van der Waals surface area contributed by atoms with Gasteiger partial charge in [-0.1, -0.05) is 30.3 Å². The minimum Gasteiger partial charge on any atom is -0.454 e. The van der Waals surface area contributed by atoms with Gasteiger partial charge in [0.1, 0.15) is 12.2 Å². The fraction of sp³-hybridized carbons (Fsp3) is 0.562. The van der Waals surface area contributed by atoms with Crippen LogP contribution in [-0.2, 0) is 30.3 Å². The van der Waals surface area contributed by atoms with Crippen LogP contribution in [0.25, 0.3) is 0 Å². The fourth-order valence-corrected chi connectivity index (χ4v) is 2.45. The Hall–Kier alpha value is -1.47. The second-order valence-corrected chi connectivity index (χ2v) is 5.27. The second-order valence-electron chi connectivity index (χ2n) is 5.27. The van der Waals surface area contributed by atoms with Crippen molar-refractivity contribution in [1.29, 1.82) is 0 Å². The lowest BCUT2D eigenvalue weighted by molar-refractivity contribution is -0.298. The summed E-state index contributed by atoms with van der Waals surface area (Å²) in [4.78, 5) is 11.3. The Balaban J connectivity index is 2.11. The van der Waals surface area contributed by atoms with Crippen LogP contribution in [0.15, 0.2) is 30.3 Å². The van der Waals surface area contributed by atoms with Gasteiger partial charge in [-0.05, 0) is 12.5 Å². The zero-order valence-corrected chi connectivity index (χ0v) is 13.0. The quantitative estimate of drug-likeness (QED) is 0.825. The summed E-state index contributed by atoms with van der Waals surface area (Å²) >= 11 is 0. The smallest absolute Gasteiger partial charge is 0.303 e. The molecule has 1 fully saturated rings. The number of carbonyl (C=O) groups is 1. The monoisotopic (exact) mass is 310 g/mol. The molecule has 0 amide bonds. The number of ether oxygens (including phenoxy) is 4. The zero-order valence-electron chi connectivity index (χ0n) is 13.0. The van der Waals surface area contributed by atoms with Gasteiger partial charge in [-0.15, -0.1) is 0 Å². The van der Waals surface area contributed by atoms with Crippen molar-refractivity contribution in [2.75, 3.05) is 7.11 Å². The summed E-state index contributed by atoms with van der Waals surface area (Å²) in [5.41, 5.74) is 0.962. The van der Waals surface area contributed by atoms with Gasteiger partial charge in [0.05, 0.1) is 12.7 Å². The molecule has 0 spiro atoms. The van der Waals surface area contributed by atoms with Crippen LogP contribution in [-0.4, -0.2) is 48.9 Å². The molecule has 6 nitrogen and oxygen atoms in total. The van der Waals surface area contributed by atoms with E-state index in [1.54, 1.807) is 6.92 Å². The highest BCUT2D eigenvalue weighted by Gasteiger charge is 2.46. The molecule has 1 N–H and O–H groups in total. The van der Waals surface area contributed by atoms with Crippen LogP contribution >= 0.6 is 0 Å². The van der Waals surface area contributed by atoms with Gasteiger partial charge >= 0.3 is 5.97 Å². The number of esters is 1. The predicted octanol–water partition coefficient (Wildman–Crippen LogP) is 1.26. The topological polar surface area (TPSA) is 74.2 Å². The molecule has 0 saturated carbocycles. The maximum absolute atomic E-state index is 11.3. The Morgan fingerprint density at radius 1 is 1.27 bits per heavy atom. The van der Waals surface area contributed by atoms with Gasteiger partial charge in [0.25, 0.3) is 0 Å². The van der Waals surface area contributed by atoms with E-state index in [-0.39, 0.29) is 0 Å². The highest BCUT2D eigenvalue weighted by Crippen LogP contribution is 2.27. The first-order valence-electron chi connectivity index (χ1n) is 7.22. The average Bonchev–Trinajstić information content (AvgIpc) is 2.51. The molecule has 1 aliphatic heterocycles. The van der Waals surface area contributed by atoms with E-state index in [1.807, 2.05) is 30.3 Å². The molecule has 1 heterocycles. The summed E-state index contributed by atoms with van der Waals surface area (Å²) in [6, 6.07) is 9.57. The summed E-state index contributed by atoms with van der Waals surface area (Å²) in [5.74, 6) is -0.481. The summed E-state index contributed by atoms with van der Waals surface area (Å²) < 4.78 is 21.8. The number of methoxy groups -OCH3 is 1. The Kier molecular flexibility index (Phi) is 5.90. The van der Waals surface area contributed by atoms with Crippen molar-refractivity contribution in [3.63, 3.8) is 0 Å². The molecule has 0 unspecified atom stereocenters. The fourth-order valence-electron chi connectivity index (χ4n) is 2.45. The van der Waals surface area contributed by atoms with Crippen molar-refractivity contribution in [3.8, 4) is 0 Å². The normalized spacial score (nSPS) is 31.7. The van der Waals surface area contributed by atoms with Crippen LogP contribution < -0.4 is 0 Å².